The first-order valence-corrected chi connectivity index (χ1v) is 6.28. The second kappa shape index (κ2) is 4.67. The molecule has 0 saturated heterocycles. The zero-order valence-electron chi connectivity index (χ0n) is 8.91. The van der Waals surface area contributed by atoms with Crippen LogP contribution in [-0.4, -0.2) is 19.7 Å². The maximum absolute atomic E-state index is 6.07. The van der Waals surface area contributed by atoms with Gasteiger partial charge in [0.05, 0.1) is 21.0 Å². The summed E-state index contributed by atoms with van der Waals surface area (Å²) in [6.07, 6.45) is 4.45. The van der Waals surface area contributed by atoms with Crippen molar-refractivity contribution in [3.05, 3.63) is 26.8 Å². The van der Waals surface area contributed by atoms with Gasteiger partial charge in [0.15, 0.2) is 5.82 Å². The van der Waals surface area contributed by atoms with Crippen LogP contribution in [0, 0.1) is 3.57 Å². The first-order valence-electron chi connectivity index (χ1n) is 4.82. The maximum Gasteiger partial charge on any atom is 0.164 e. The molecule has 0 fully saturated rings. The monoisotopic (exact) mass is 348 g/mol. The van der Waals surface area contributed by atoms with Crippen LogP contribution < -0.4 is 0 Å². The summed E-state index contributed by atoms with van der Waals surface area (Å²) in [5.74, 6) is 0.635. The normalized spacial score (nSPS) is 10.8. The molecule has 0 atom stereocenters. The third kappa shape index (κ3) is 2.20. The molecule has 0 aromatic carbocycles. The molecule has 4 nitrogen and oxygen atoms in total. The number of hydrogen-bond donors (Lipinski definition) is 0. The van der Waals surface area contributed by atoms with Crippen LogP contribution in [-0.2, 0) is 13.5 Å². The Kier molecular flexibility index (Phi) is 3.44. The van der Waals surface area contributed by atoms with Gasteiger partial charge in [-0.2, -0.15) is 5.10 Å². The van der Waals surface area contributed by atoms with Crippen LogP contribution in [0.2, 0.25) is 5.15 Å². The Morgan fingerprint density at radius 1 is 1.44 bits per heavy atom. The predicted molar refractivity (Wildman–Crippen MR) is 71.3 cm³/mol. The molecule has 0 N–H and O–H groups in total. The average Bonchev–Trinajstić information content (AvgIpc) is 2.69. The molecule has 0 unspecified atom stereocenters. The minimum absolute atomic E-state index is 0.506. The molecule has 0 bridgehead atoms. The minimum Gasteiger partial charge on any atom is -0.275 e. The highest BCUT2D eigenvalue weighted by Crippen LogP contribution is 2.23. The highest BCUT2D eigenvalue weighted by Gasteiger charge is 2.11. The van der Waals surface area contributed by atoms with Gasteiger partial charge in [-0.05, 0) is 29.0 Å². The molecule has 0 saturated carbocycles. The van der Waals surface area contributed by atoms with E-state index in [1.54, 1.807) is 10.9 Å². The zero-order valence-corrected chi connectivity index (χ0v) is 11.8. The fraction of sp³-hybridized carbons (Fsp3) is 0.300. The van der Waals surface area contributed by atoms with Crippen molar-refractivity contribution in [2.45, 2.75) is 13.3 Å². The van der Waals surface area contributed by atoms with Gasteiger partial charge in [-0.15, -0.1) is 0 Å². The van der Waals surface area contributed by atoms with E-state index in [-0.39, 0.29) is 0 Å². The van der Waals surface area contributed by atoms with Gasteiger partial charge in [0.2, 0.25) is 0 Å². The summed E-state index contributed by atoms with van der Waals surface area (Å²) in [5, 5.41) is 4.60. The molecule has 2 rings (SSSR count). The van der Waals surface area contributed by atoms with Crippen molar-refractivity contribution in [3.8, 4) is 11.4 Å². The SMILES string of the molecule is CCc1nc(-c2cnn(C)c2)nc(Cl)c1I. The van der Waals surface area contributed by atoms with Crippen molar-refractivity contribution in [3.63, 3.8) is 0 Å². The quantitative estimate of drug-likeness (QED) is 0.619. The van der Waals surface area contributed by atoms with Crippen LogP contribution in [0.3, 0.4) is 0 Å². The van der Waals surface area contributed by atoms with Crippen molar-refractivity contribution in [2.75, 3.05) is 0 Å². The second-order valence-electron chi connectivity index (χ2n) is 3.35. The molecule has 0 radical (unpaired) electrons. The Morgan fingerprint density at radius 3 is 2.75 bits per heavy atom. The first-order chi connectivity index (χ1) is 7.61. The smallest absolute Gasteiger partial charge is 0.164 e. The number of aromatic nitrogens is 4. The van der Waals surface area contributed by atoms with E-state index in [1.165, 1.54) is 0 Å². The molecule has 6 heteroatoms. The highest BCUT2D eigenvalue weighted by atomic mass is 127. The van der Waals surface area contributed by atoms with Gasteiger partial charge in [-0.3, -0.25) is 4.68 Å². The largest absolute Gasteiger partial charge is 0.275 e. The minimum atomic E-state index is 0.506. The number of nitrogens with zero attached hydrogens (tertiary/aromatic N) is 4. The van der Waals surface area contributed by atoms with Crippen molar-refractivity contribution in [1.29, 1.82) is 0 Å². The van der Waals surface area contributed by atoms with Crippen molar-refractivity contribution in [1.82, 2.24) is 19.7 Å². The van der Waals surface area contributed by atoms with E-state index in [1.807, 2.05) is 20.2 Å². The molecular weight excluding hydrogens is 338 g/mol. The lowest BCUT2D eigenvalue weighted by Crippen LogP contribution is -1.99. The van der Waals surface area contributed by atoms with E-state index in [2.05, 4.69) is 37.7 Å². The fourth-order valence-corrected chi connectivity index (χ4v) is 2.17. The number of rotatable bonds is 2. The molecule has 2 heterocycles. The first kappa shape index (κ1) is 11.8. The second-order valence-corrected chi connectivity index (χ2v) is 4.79. The molecule has 2 aromatic rings. The molecule has 0 aliphatic rings. The van der Waals surface area contributed by atoms with Gasteiger partial charge < -0.3 is 0 Å². The summed E-state index contributed by atoms with van der Waals surface area (Å²) in [6.45, 7) is 2.05. The van der Waals surface area contributed by atoms with E-state index in [9.17, 15) is 0 Å². The number of aryl methyl sites for hydroxylation is 2. The van der Waals surface area contributed by atoms with E-state index < -0.39 is 0 Å². The molecule has 2 aromatic heterocycles. The highest BCUT2D eigenvalue weighted by molar-refractivity contribution is 14.1. The Morgan fingerprint density at radius 2 is 2.19 bits per heavy atom. The summed E-state index contributed by atoms with van der Waals surface area (Å²) >= 11 is 8.24. The fourth-order valence-electron chi connectivity index (χ4n) is 1.36. The van der Waals surface area contributed by atoms with Gasteiger partial charge >= 0.3 is 0 Å². The zero-order chi connectivity index (χ0) is 11.7. The molecule has 0 spiro atoms. The van der Waals surface area contributed by atoms with Gasteiger partial charge in [0.25, 0.3) is 0 Å². The lowest BCUT2D eigenvalue weighted by molar-refractivity contribution is 0.768. The van der Waals surface area contributed by atoms with Crippen LogP contribution in [0.25, 0.3) is 11.4 Å². The summed E-state index contributed by atoms with van der Waals surface area (Å²) < 4.78 is 2.64. The Balaban J connectivity index is 2.54. The van der Waals surface area contributed by atoms with E-state index in [4.69, 9.17) is 11.6 Å². The van der Waals surface area contributed by atoms with E-state index in [0.29, 0.717) is 11.0 Å². The van der Waals surface area contributed by atoms with Crippen molar-refractivity contribution < 1.29 is 0 Å². The third-order valence-electron chi connectivity index (χ3n) is 2.18. The number of hydrogen-bond acceptors (Lipinski definition) is 3. The lowest BCUT2D eigenvalue weighted by Gasteiger charge is -2.04. The predicted octanol–water partition coefficient (Wildman–Crippen LogP) is 2.70. The summed E-state index contributed by atoms with van der Waals surface area (Å²) in [5.41, 5.74) is 1.86. The van der Waals surface area contributed by atoms with Crippen molar-refractivity contribution in [2.24, 2.45) is 7.05 Å². The summed E-state index contributed by atoms with van der Waals surface area (Å²) in [7, 11) is 1.86. The van der Waals surface area contributed by atoms with Crippen LogP contribution in [0.4, 0.5) is 0 Å². The summed E-state index contributed by atoms with van der Waals surface area (Å²) in [6, 6.07) is 0. The van der Waals surface area contributed by atoms with Crippen LogP contribution in [0.5, 0.6) is 0 Å². The van der Waals surface area contributed by atoms with Crippen molar-refractivity contribution >= 4 is 34.2 Å². The molecule has 16 heavy (non-hydrogen) atoms. The van der Waals surface area contributed by atoms with E-state index in [0.717, 1.165) is 21.2 Å². The Bertz CT molecular complexity index is 524. The van der Waals surface area contributed by atoms with Gasteiger partial charge in [0.1, 0.15) is 5.15 Å². The Hall–Kier alpha value is -0.690. The molecule has 0 aliphatic carbocycles. The Labute approximate surface area is 112 Å². The van der Waals surface area contributed by atoms with Crippen LogP contribution >= 0.6 is 34.2 Å². The molecule has 0 amide bonds. The average molecular weight is 349 g/mol. The molecule has 84 valence electrons. The maximum atomic E-state index is 6.07. The molecule has 0 aliphatic heterocycles. The number of halogens is 2. The topological polar surface area (TPSA) is 43.6 Å². The lowest BCUT2D eigenvalue weighted by atomic mass is 10.3. The van der Waals surface area contributed by atoms with Crippen LogP contribution in [0.1, 0.15) is 12.6 Å². The van der Waals surface area contributed by atoms with Gasteiger partial charge in [-0.25, -0.2) is 9.97 Å². The van der Waals surface area contributed by atoms with Gasteiger partial charge in [0, 0.05) is 13.2 Å². The van der Waals surface area contributed by atoms with Crippen LogP contribution in [0.15, 0.2) is 12.4 Å². The van der Waals surface area contributed by atoms with Gasteiger partial charge in [-0.1, -0.05) is 18.5 Å². The van der Waals surface area contributed by atoms with E-state index >= 15 is 0 Å². The third-order valence-corrected chi connectivity index (χ3v) is 3.90. The molecular formula is C10H10ClIN4. The summed E-state index contributed by atoms with van der Waals surface area (Å²) in [4.78, 5) is 8.74. The standard InChI is InChI=1S/C10H10ClIN4/c1-3-7-8(12)9(11)15-10(14-7)6-4-13-16(2)5-6/h4-5H,3H2,1-2H3.